The molecule has 1 aliphatic heterocycles. The van der Waals surface area contributed by atoms with E-state index < -0.39 is 0 Å². The Morgan fingerprint density at radius 1 is 1.53 bits per heavy atom. The van der Waals surface area contributed by atoms with E-state index in [1.807, 2.05) is 18.2 Å². The van der Waals surface area contributed by atoms with Gasteiger partial charge in [-0.25, -0.2) is 0 Å². The molecule has 82 valence electrons. The van der Waals surface area contributed by atoms with Crippen LogP contribution in [0.25, 0.3) is 0 Å². The van der Waals surface area contributed by atoms with Gasteiger partial charge in [-0.1, -0.05) is 6.07 Å². The molecular formula is C12H17NO2. The highest BCUT2D eigenvalue weighted by Gasteiger charge is 2.21. The number of hydrogen-bond donors (Lipinski definition) is 1. The molecule has 0 aliphatic carbocycles. The molecule has 1 aromatic rings. The molecule has 1 atom stereocenters. The van der Waals surface area contributed by atoms with E-state index in [2.05, 4.69) is 11.0 Å². The maximum atomic E-state index is 9.08. The topological polar surface area (TPSA) is 32.7 Å². The van der Waals surface area contributed by atoms with Crippen LogP contribution in [0.4, 0.5) is 5.69 Å². The van der Waals surface area contributed by atoms with E-state index in [0.717, 1.165) is 25.3 Å². The van der Waals surface area contributed by atoms with Gasteiger partial charge < -0.3 is 14.7 Å². The Kier molecular flexibility index (Phi) is 3.11. The Morgan fingerprint density at radius 3 is 3.07 bits per heavy atom. The molecule has 0 spiro atoms. The van der Waals surface area contributed by atoms with Crippen LogP contribution in [0.5, 0.6) is 5.75 Å². The summed E-state index contributed by atoms with van der Waals surface area (Å²) in [5.74, 6) is 1.32. The average Bonchev–Trinajstić information content (AvgIpc) is 2.78. The number of ether oxygens (including phenoxy) is 1. The summed E-state index contributed by atoms with van der Waals surface area (Å²) in [6, 6.07) is 8.07. The summed E-state index contributed by atoms with van der Waals surface area (Å²) in [4.78, 5) is 2.30. The molecule has 1 aliphatic rings. The number of benzene rings is 1. The van der Waals surface area contributed by atoms with Crippen LogP contribution in [0.2, 0.25) is 0 Å². The molecule has 1 fully saturated rings. The fraction of sp³-hybridized carbons (Fsp3) is 0.500. The molecule has 2 rings (SSSR count). The first kappa shape index (κ1) is 10.3. The molecule has 0 amide bonds. The fourth-order valence-corrected chi connectivity index (χ4v) is 2.02. The first-order valence-corrected chi connectivity index (χ1v) is 5.33. The number of nitrogens with zero attached hydrogens (tertiary/aromatic N) is 1. The highest BCUT2D eigenvalue weighted by molar-refractivity contribution is 5.51. The normalized spacial score (nSPS) is 20.7. The standard InChI is InChI=1S/C12H17NO2/c1-15-12-4-2-3-11(7-12)13-6-5-10(8-13)9-14/h2-4,7,10,14H,5-6,8-9H2,1H3. The van der Waals surface area contributed by atoms with Crippen LogP contribution in [0, 0.1) is 5.92 Å². The van der Waals surface area contributed by atoms with Crippen LogP contribution in [0.3, 0.4) is 0 Å². The van der Waals surface area contributed by atoms with Crippen LogP contribution < -0.4 is 9.64 Å². The SMILES string of the molecule is COc1cccc(N2CCC(CO)C2)c1. The van der Waals surface area contributed by atoms with Gasteiger partial charge in [0.1, 0.15) is 5.75 Å². The lowest BCUT2D eigenvalue weighted by Crippen LogP contribution is -2.20. The fourth-order valence-electron chi connectivity index (χ4n) is 2.02. The van der Waals surface area contributed by atoms with Gasteiger partial charge in [-0.2, -0.15) is 0 Å². The van der Waals surface area contributed by atoms with Crippen LogP contribution in [-0.4, -0.2) is 31.9 Å². The Morgan fingerprint density at radius 2 is 2.40 bits per heavy atom. The molecule has 0 bridgehead atoms. The largest absolute Gasteiger partial charge is 0.497 e. The lowest BCUT2D eigenvalue weighted by Gasteiger charge is -2.18. The highest BCUT2D eigenvalue weighted by atomic mass is 16.5. The zero-order valence-corrected chi connectivity index (χ0v) is 9.02. The third-order valence-electron chi connectivity index (χ3n) is 2.96. The molecule has 0 aromatic heterocycles. The molecular weight excluding hydrogens is 190 g/mol. The van der Waals surface area contributed by atoms with Crippen molar-refractivity contribution in [3.8, 4) is 5.75 Å². The van der Waals surface area contributed by atoms with E-state index >= 15 is 0 Å². The third kappa shape index (κ3) is 2.23. The molecule has 15 heavy (non-hydrogen) atoms. The molecule has 1 N–H and O–H groups in total. The van der Waals surface area contributed by atoms with Crippen LogP contribution in [-0.2, 0) is 0 Å². The second-order valence-electron chi connectivity index (χ2n) is 3.98. The second-order valence-corrected chi connectivity index (χ2v) is 3.98. The first-order chi connectivity index (χ1) is 7.33. The Hall–Kier alpha value is -1.22. The molecule has 0 saturated carbocycles. The summed E-state index contributed by atoms with van der Waals surface area (Å²) < 4.78 is 5.19. The number of aliphatic hydroxyl groups is 1. The van der Waals surface area contributed by atoms with Gasteiger partial charge in [0.25, 0.3) is 0 Å². The van der Waals surface area contributed by atoms with E-state index in [1.54, 1.807) is 7.11 Å². The summed E-state index contributed by atoms with van der Waals surface area (Å²) in [6.45, 7) is 2.27. The Balaban J connectivity index is 2.09. The molecule has 1 saturated heterocycles. The molecule has 1 heterocycles. The average molecular weight is 207 g/mol. The Bertz CT molecular complexity index is 327. The van der Waals surface area contributed by atoms with E-state index in [9.17, 15) is 0 Å². The minimum absolute atomic E-state index is 0.292. The Labute approximate surface area is 90.3 Å². The molecule has 1 aromatic carbocycles. The summed E-state index contributed by atoms with van der Waals surface area (Å²) >= 11 is 0. The quantitative estimate of drug-likeness (QED) is 0.815. The summed E-state index contributed by atoms with van der Waals surface area (Å²) in [5, 5.41) is 9.08. The van der Waals surface area contributed by atoms with Gasteiger partial charge in [0.15, 0.2) is 0 Å². The number of hydrogen-bond acceptors (Lipinski definition) is 3. The van der Waals surface area contributed by atoms with Gasteiger partial charge in [-0.3, -0.25) is 0 Å². The van der Waals surface area contributed by atoms with Crippen LogP contribution in [0.15, 0.2) is 24.3 Å². The highest BCUT2D eigenvalue weighted by Crippen LogP contribution is 2.26. The van der Waals surface area contributed by atoms with Gasteiger partial charge in [0, 0.05) is 37.4 Å². The molecule has 0 radical (unpaired) electrons. The van der Waals surface area contributed by atoms with E-state index in [4.69, 9.17) is 9.84 Å². The first-order valence-electron chi connectivity index (χ1n) is 5.33. The number of anilines is 1. The van der Waals surface area contributed by atoms with Crippen LogP contribution in [0.1, 0.15) is 6.42 Å². The van der Waals surface area contributed by atoms with E-state index in [-0.39, 0.29) is 0 Å². The lowest BCUT2D eigenvalue weighted by atomic mass is 10.1. The predicted octanol–water partition coefficient (Wildman–Crippen LogP) is 1.51. The van der Waals surface area contributed by atoms with Crippen molar-refractivity contribution in [2.24, 2.45) is 5.92 Å². The van der Waals surface area contributed by atoms with Crippen molar-refractivity contribution in [1.82, 2.24) is 0 Å². The third-order valence-corrected chi connectivity index (χ3v) is 2.96. The van der Waals surface area contributed by atoms with Crippen molar-refractivity contribution in [3.05, 3.63) is 24.3 Å². The van der Waals surface area contributed by atoms with Gasteiger partial charge >= 0.3 is 0 Å². The molecule has 3 heteroatoms. The van der Waals surface area contributed by atoms with Crippen molar-refractivity contribution in [1.29, 1.82) is 0 Å². The number of aliphatic hydroxyl groups excluding tert-OH is 1. The van der Waals surface area contributed by atoms with Gasteiger partial charge in [-0.05, 0) is 18.6 Å². The monoisotopic (exact) mass is 207 g/mol. The molecule has 1 unspecified atom stereocenters. The second kappa shape index (κ2) is 4.53. The van der Waals surface area contributed by atoms with Gasteiger partial charge in [0.2, 0.25) is 0 Å². The lowest BCUT2D eigenvalue weighted by molar-refractivity contribution is 0.238. The summed E-state index contributed by atoms with van der Waals surface area (Å²) in [6.07, 6.45) is 1.08. The minimum Gasteiger partial charge on any atom is -0.497 e. The maximum Gasteiger partial charge on any atom is 0.120 e. The van der Waals surface area contributed by atoms with Crippen molar-refractivity contribution in [3.63, 3.8) is 0 Å². The smallest absolute Gasteiger partial charge is 0.120 e. The van der Waals surface area contributed by atoms with Gasteiger partial charge in [0.05, 0.1) is 7.11 Å². The predicted molar refractivity (Wildman–Crippen MR) is 60.4 cm³/mol. The van der Waals surface area contributed by atoms with E-state index in [0.29, 0.717) is 12.5 Å². The maximum absolute atomic E-state index is 9.08. The summed E-state index contributed by atoms with van der Waals surface area (Å²) in [5.41, 5.74) is 1.19. The van der Waals surface area contributed by atoms with E-state index in [1.165, 1.54) is 5.69 Å². The minimum atomic E-state index is 0.292. The number of rotatable bonds is 3. The van der Waals surface area contributed by atoms with Crippen molar-refractivity contribution in [2.75, 3.05) is 31.7 Å². The van der Waals surface area contributed by atoms with Crippen molar-refractivity contribution < 1.29 is 9.84 Å². The van der Waals surface area contributed by atoms with Crippen molar-refractivity contribution >= 4 is 5.69 Å². The van der Waals surface area contributed by atoms with Crippen LogP contribution >= 0.6 is 0 Å². The molecule has 3 nitrogen and oxygen atoms in total. The van der Waals surface area contributed by atoms with Crippen molar-refractivity contribution in [2.45, 2.75) is 6.42 Å². The summed E-state index contributed by atoms with van der Waals surface area (Å²) in [7, 11) is 1.68. The zero-order valence-electron chi connectivity index (χ0n) is 9.02. The zero-order chi connectivity index (χ0) is 10.7. The van der Waals surface area contributed by atoms with Gasteiger partial charge in [-0.15, -0.1) is 0 Å². The number of methoxy groups -OCH3 is 1.